The Morgan fingerprint density at radius 3 is 2.72 bits per heavy atom. The molecule has 0 aliphatic rings. The number of phenols is 1. The molecule has 5 nitrogen and oxygen atoms in total. The molecule has 94 valence electrons. The second-order valence-corrected chi connectivity index (χ2v) is 4.40. The molecule has 1 aromatic heterocycles. The van der Waals surface area contributed by atoms with E-state index in [2.05, 4.69) is 10.5 Å². The lowest BCUT2D eigenvalue weighted by atomic mass is 10.2. The van der Waals surface area contributed by atoms with Crippen molar-refractivity contribution in [1.82, 2.24) is 5.16 Å². The maximum atomic E-state index is 11.8. The second kappa shape index (κ2) is 4.88. The van der Waals surface area contributed by atoms with Gasteiger partial charge in [0.05, 0.1) is 10.7 Å². The Morgan fingerprint density at radius 1 is 1.39 bits per heavy atom. The van der Waals surface area contributed by atoms with Gasteiger partial charge in [-0.25, -0.2) is 0 Å². The Morgan fingerprint density at radius 2 is 2.11 bits per heavy atom. The van der Waals surface area contributed by atoms with E-state index in [9.17, 15) is 9.90 Å². The van der Waals surface area contributed by atoms with Gasteiger partial charge in [-0.3, -0.25) is 4.79 Å². The Bertz CT molecular complexity index is 610. The van der Waals surface area contributed by atoms with Crippen molar-refractivity contribution < 1.29 is 14.4 Å². The van der Waals surface area contributed by atoms with Crippen LogP contribution in [0.1, 0.15) is 16.2 Å². The number of aromatic hydroxyl groups is 1. The second-order valence-electron chi connectivity index (χ2n) is 3.56. The van der Waals surface area contributed by atoms with Crippen molar-refractivity contribution in [2.24, 2.45) is 0 Å². The molecule has 0 fully saturated rings. The summed E-state index contributed by atoms with van der Waals surface area (Å²) >= 11 is 11.5. The number of nitrogens with zero attached hydrogens (tertiary/aromatic N) is 1. The zero-order chi connectivity index (χ0) is 13.3. The predicted octanol–water partition coefficient (Wildman–Crippen LogP) is 3.25. The monoisotopic (exact) mass is 286 g/mol. The van der Waals surface area contributed by atoms with Crippen molar-refractivity contribution >= 4 is 34.8 Å². The van der Waals surface area contributed by atoms with E-state index in [1.54, 1.807) is 6.92 Å². The van der Waals surface area contributed by atoms with Crippen LogP contribution in [0.3, 0.4) is 0 Å². The van der Waals surface area contributed by atoms with Crippen LogP contribution in [0.25, 0.3) is 0 Å². The molecule has 2 rings (SSSR count). The van der Waals surface area contributed by atoms with Crippen LogP contribution in [0.15, 0.2) is 22.7 Å². The lowest BCUT2D eigenvalue weighted by Crippen LogP contribution is -2.12. The fourth-order valence-corrected chi connectivity index (χ4v) is 1.81. The van der Waals surface area contributed by atoms with E-state index in [1.807, 2.05) is 0 Å². The highest BCUT2D eigenvalue weighted by Crippen LogP contribution is 2.35. The third-order valence-corrected chi connectivity index (χ3v) is 2.64. The van der Waals surface area contributed by atoms with Gasteiger partial charge in [-0.15, -0.1) is 0 Å². The van der Waals surface area contributed by atoms with Gasteiger partial charge in [0.15, 0.2) is 11.4 Å². The number of amides is 1. The number of phenolic OH excluding ortho intramolecular Hbond substituents is 1. The van der Waals surface area contributed by atoms with Crippen LogP contribution in [-0.2, 0) is 0 Å². The lowest BCUT2D eigenvalue weighted by molar-refractivity contribution is 0.101. The number of benzene rings is 1. The average Bonchev–Trinajstić information content (AvgIpc) is 2.72. The van der Waals surface area contributed by atoms with Crippen molar-refractivity contribution in [2.75, 3.05) is 5.32 Å². The van der Waals surface area contributed by atoms with Gasteiger partial charge in [-0.05, 0) is 19.1 Å². The molecule has 0 aliphatic heterocycles. The van der Waals surface area contributed by atoms with E-state index in [0.29, 0.717) is 10.8 Å². The molecule has 1 amide bonds. The minimum Gasteiger partial charge on any atom is -0.504 e. The highest BCUT2D eigenvalue weighted by Gasteiger charge is 2.15. The summed E-state index contributed by atoms with van der Waals surface area (Å²) in [6, 6.07) is 4.22. The topological polar surface area (TPSA) is 75.4 Å². The molecular weight excluding hydrogens is 279 g/mol. The lowest BCUT2D eigenvalue weighted by Gasteiger charge is -2.07. The van der Waals surface area contributed by atoms with Gasteiger partial charge in [-0.1, -0.05) is 28.4 Å². The fourth-order valence-electron chi connectivity index (χ4n) is 1.32. The summed E-state index contributed by atoms with van der Waals surface area (Å²) in [5, 5.41) is 16.0. The van der Waals surface area contributed by atoms with E-state index in [0.717, 1.165) is 0 Å². The number of aryl methyl sites for hydroxylation is 1. The molecule has 2 N–H and O–H groups in total. The summed E-state index contributed by atoms with van der Waals surface area (Å²) in [5.41, 5.74) is 0.209. The maximum absolute atomic E-state index is 11.8. The summed E-state index contributed by atoms with van der Waals surface area (Å²) in [4.78, 5) is 11.8. The van der Waals surface area contributed by atoms with Gasteiger partial charge < -0.3 is 14.9 Å². The van der Waals surface area contributed by atoms with E-state index in [-0.39, 0.29) is 22.2 Å². The summed E-state index contributed by atoms with van der Waals surface area (Å²) in [5.74, 6) is -0.274. The van der Waals surface area contributed by atoms with E-state index in [4.69, 9.17) is 27.7 Å². The number of halogens is 2. The largest absolute Gasteiger partial charge is 0.504 e. The van der Waals surface area contributed by atoms with Gasteiger partial charge >= 0.3 is 0 Å². The SMILES string of the molecule is Cc1cc(C(=O)Nc2cc(Cl)cc(Cl)c2O)no1. The van der Waals surface area contributed by atoms with Crippen LogP contribution in [0, 0.1) is 6.92 Å². The molecule has 0 spiro atoms. The van der Waals surface area contributed by atoms with Gasteiger partial charge in [0, 0.05) is 11.1 Å². The molecule has 0 unspecified atom stereocenters. The third kappa shape index (κ3) is 2.57. The first-order chi connectivity index (χ1) is 8.47. The van der Waals surface area contributed by atoms with E-state index >= 15 is 0 Å². The number of hydrogen-bond donors (Lipinski definition) is 2. The van der Waals surface area contributed by atoms with Crippen LogP contribution in [-0.4, -0.2) is 16.2 Å². The normalized spacial score (nSPS) is 10.4. The van der Waals surface area contributed by atoms with Crippen molar-refractivity contribution in [1.29, 1.82) is 0 Å². The number of nitrogens with one attached hydrogen (secondary N) is 1. The van der Waals surface area contributed by atoms with Gasteiger partial charge in [0.2, 0.25) is 0 Å². The molecule has 2 aromatic rings. The molecule has 7 heteroatoms. The van der Waals surface area contributed by atoms with E-state index in [1.165, 1.54) is 18.2 Å². The Labute approximate surface area is 112 Å². The predicted molar refractivity (Wildman–Crippen MR) is 67.3 cm³/mol. The highest BCUT2D eigenvalue weighted by atomic mass is 35.5. The first-order valence-corrected chi connectivity index (χ1v) is 5.65. The Hall–Kier alpha value is -1.72. The molecule has 0 atom stereocenters. The van der Waals surface area contributed by atoms with Gasteiger partial charge in [0.1, 0.15) is 5.76 Å². The summed E-state index contributed by atoms with van der Waals surface area (Å²) in [7, 11) is 0. The van der Waals surface area contributed by atoms with Crippen LogP contribution >= 0.6 is 23.2 Å². The molecule has 1 aromatic carbocycles. The number of aromatic nitrogens is 1. The molecule has 1 heterocycles. The highest BCUT2D eigenvalue weighted by molar-refractivity contribution is 6.36. The fraction of sp³-hybridized carbons (Fsp3) is 0.0909. The first-order valence-electron chi connectivity index (χ1n) is 4.90. The van der Waals surface area contributed by atoms with Crippen molar-refractivity contribution in [3.05, 3.63) is 39.7 Å². The smallest absolute Gasteiger partial charge is 0.277 e. The molecule has 0 saturated heterocycles. The van der Waals surface area contributed by atoms with Crippen molar-refractivity contribution in [2.45, 2.75) is 6.92 Å². The van der Waals surface area contributed by atoms with Gasteiger partial charge in [-0.2, -0.15) is 0 Å². The third-order valence-electron chi connectivity index (χ3n) is 2.14. The number of anilines is 1. The minimum absolute atomic E-state index is 0.0501. The van der Waals surface area contributed by atoms with Crippen molar-refractivity contribution in [3.63, 3.8) is 0 Å². The summed E-state index contributed by atoms with van der Waals surface area (Å²) in [6.45, 7) is 1.66. The quantitative estimate of drug-likeness (QED) is 0.831. The Kier molecular flexibility index (Phi) is 3.45. The van der Waals surface area contributed by atoms with Gasteiger partial charge in [0.25, 0.3) is 5.91 Å². The maximum Gasteiger partial charge on any atom is 0.277 e. The minimum atomic E-state index is -0.527. The zero-order valence-corrected chi connectivity index (χ0v) is 10.7. The standard InChI is InChI=1S/C11H8Cl2N2O3/c1-5-2-9(15-18-5)11(17)14-8-4-6(12)3-7(13)10(8)16/h2-4,16H,1H3,(H,14,17). The zero-order valence-electron chi connectivity index (χ0n) is 9.20. The molecule has 0 saturated carbocycles. The molecule has 0 radical (unpaired) electrons. The van der Waals surface area contributed by atoms with Crippen molar-refractivity contribution in [3.8, 4) is 5.75 Å². The molecule has 0 bridgehead atoms. The summed E-state index contributed by atoms with van der Waals surface area (Å²) in [6.07, 6.45) is 0. The van der Waals surface area contributed by atoms with Crippen LogP contribution in [0.2, 0.25) is 10.0 Å². The molecule has 0 aliphatic carbocycles. The van der Waals surface area contributed by atoms with Crippen LogP contribution in [0.5, 0.6) is 5.75 Å². The van der Waals surface area contributed by atoms with Crippen LogP contribution in [0.4, 0.5) is 5.69 Å². The molecule has 18 heavy (non-hydrogen) atoms. The first kappa shape index (κ1) is 12.7. The van der Waals surface area contributed by atoms with E-state index < -0.39 is 5.91 Å². The number of rotatable bonds is 2. The van der Waals surface area contributed by atoms with Crippen LogP contribution < -0.4 is 5.32 Å². The number of hydrogen-bond acceptors (Lipinski definition) is 4. The average molecular weight is 287 g/mol. The Balaban J connectivity index is 2.27. The molecular formula is C11H8Cl2N2O3. The number of carbonyl (C=O) groups excluding carboxylic acids is 1. The number of carbonyl (C=O) groups is 1. The summed E-state index contributed by atoms with van der Waals surface area (Å²) < 4.78 is 4.78.